The first-order valence-electron chi connectivity index (χ1n) is 7.04. The van der Waals surface area contributed by atoms with Gasteiger partial charge < -0.3 is 19.7 Å². The second-order valence-corrected chi connectivity index (χ2v) is 5.34. The lowest BCUT2D eigenvalue weighted by Crippen LogP contribution is -2.49. The Balaban J connectivity index is 0.00000242. The Morgan fingerprint density at radius 2 is 2.27 bits per heavy atom. The predicted molar refractivity (Wildman–Crippen MR) is 88.7 cm³/mol. The fourth-order valence-electron chi connectivity index (χ4n) is 2.40. The molecule has 0 spiro atoms. The van der Waals surface area contributed by atoms with E-state index in [1.807, 2.05) is 29.2 Å². The van der Waals surface area contributed by atoms with Crippen LogP contribution in [0.3, 0.4) is 0 Å². The monoisotopic (exact) mass is 348 g/mol. The Bertz CT molecular complexity index is 474. The van der Waals surface area contributed by atoms with Crippen molar-refractivity contribution in [2.75, 3.05) is 46.6 Å². The molecule has 1 aliphatic rings. The fourth-order valence-corrected chi connectivity index (χ4v) is 2.60. The smallest absolute Gasteiger partial charge is 0.249 e. The van der Waals surface area contributed by atoms with Crippen LogP contribution in [-0.4, -0.2) is 57.4 Å². The molecule has 5 nitrogen and oxygen atoms in total. The molecule has 1 aliphatic heterocycles. The average Bonchev–Trinajstić information content (AvgIpc) is 2.51. The van der Waals surface area contributed by atoms with E-state index < -0.39 is 0 Å². The summed E-state index contributed by atoms with van der Waals surface area (Å²) >= 11 is 6.05. The summed E-state index contributed by atoms with van der Waals surface area (Å²) in [5.74, 6) is -0.00224. The van der Waals surface area contributed by atoms with Gasteiger partial charge >= 0.3 is 0 Å². The van der Waals surface area contributed by atoms with Gasteiger partial charge in [-0.25, -0.2) is 0 Å². The fraction of sp³-hybridized carbons (Fsp3) is 0.533. The highest BCUT2D eigenvalue weighted by atomic mass is 35.5. The minimum Gasteiger partial charge on any atom is -0.382 e. The maximum absolute atomic E-state index is 12.3. The van der Waals surface area contributed by atoms with Crippen molar-refractivity contribution in [3.8, 4) is 0 Å². The van der Waals surface area contributed by atoms with Crippen LogP contribution >= 0.6 is 24.0 Å². The van der Waals surface area contributed by atoms with Crippen LogP contribution in [0.2, 0.25) is 5.02 Å². The van der Waals surface area contributed by atoms with Crippen molar-refractivity contribution in [1.82, 2.24) is 10.2 Å². The molecule has 7 heteroatoms. The highest BCUT2D eigenvalue weighted by Gasteiger charge is 2.27. The third kappa shape index (κ3) is 5.41. The van der Waals surface area contributed by atoms with Crippen LogP contribution in [0.1, 0.15) is 11.6 Å². The molecule has 0 saturated carbocycles. The highest BCUT2D eigenvalue weighted by Crippen LogP contribution is 2.24. The van der Waals surface area contributed by atoms with E-state index in [1.165, 1.54) is 0 Å². The molecule has 124 valence electrons. The van der Waals surface area contributed by atoms with Crippen molar-refractivity contribution in [2.45, 2.75) is 6.04 Å². The molecular formula is C15H22Cl2N2O3. The summed E-state index contributed by atoms with van der Waals surface area (Å²) in [5.41, 5.74) is 1.04. The van der Waals surface area contributed by atoms with Gasteiger partial charge in [0.2, 0.25) is 5.91 Å². The number of nitrogens with zero attached hydrogens (tertiary/aromatic N) is 1. The third-order valence-corrected chi connectivity index (χ3v) is 3.69. The van der Waals surface area contributed by atoms with Gasteiger partial charge in [0.1, 0.15) is 6.61 Å². The molecule has 1 amide bonds. The highest BCUT2D eigenvalue weighted by molar-refractivity contribution is 6.30. The number of halogens is 2. The number of carbonyl (C=O) groups is 1. The number of methoxy groups -OCH3 is 1. The summed E-state index contributed by atoms with van der Waals surface area (Å²) in [7, 11) is 1.61. The van der Waals surface area contributed by atoms with Gasteiger partial charge in [-0.3, -0.25) is 4.79 Å². The molecule has 1 N–H and O–H groups in total. The van der Waals surface area contributed by atoms with Crippen molar-refractivity contribution in [1.29, 1.82) is 0 Å². The molecule has 0 aliphatic carbocycles. The number of carbonyl (C=O) groups excluding carboxylic acids is 1. The van der Waals surface area contributed by atoms with Crippen LogP contribution in [0.25, 0.3) is 0 Å². The minimum absolute atomic E-state index is 0. The Morgan fingerprint density at radius 1 is 1.45 bits per heavy atom. The van der Waals surface area contributed by atoms with E-state index in [1.54, 1.807) is 7.11 Å². The van der Waals surface area contributed by atoms with Crippen molar-refractivity contribution in [3.05, 3.63) is 34.9 Å². The standard InChI is InChI=1S/C15H21ClN2O3.ClH/c1-20-7-8-21-11-15(19)18-6-5-17-10-14(18)12-3-2-4-13(16)9-12;/h2-4,9,14,17H,5-8,10-11H2,1H3;1H. The quantitative estimate of drug-likeness (QED) is 0.797. The van der Waals surface area contributed by atoms with E-state index in [2.05, 4.69) is 5.32 Å². The van der Waals surface area contributed by atoms with Crippen molar-refractivity contribution >= 4 is 29.9 Å². The van der Waals surface area contributed by atoms with E-state index in [0.717, 1.165) is 18.7 Å². The lowest BCUT2D eigenvalue weighted by Gasteiger charge is -2.36. The molecule has 0 radical (unpaired) electrons. The molecule has 1 heterocycles. The summed E-state index contributed by atoms with van der Waals surface area (Å²) < 4.78 is 10.2. The van der Waals surface area contributed by atoms with Gasteiger partial charge in [-0.05, 0) is 17.7 Å². The van der Waals surface area contributed by atoms with Gasteiger partial charge in [0, 0.05) is 31.8 Å². The lowest BCUT2D eigenvalue weighted by atomic mass is 10.0. The van der Waals surface area contributed by atoms with Gasteiger partial charge in [-0.15, -0.1) is 12.4 Å². The maximum Gasteiger partial charge on any atom is 0.249 e. The Kier molecular flexibility index (Phi) is 8.75. The van der Waals surface area contributed by atoms with Crippen molar-refractivity contribution in [3.63, 3.8) is 0 Å². The zero-order valence-electron chi connectivity index (χ0n) is 12.6. The molecule has 1 aromatic rings. The molecule has 1 fully saturated rings. The molecule has 0 aromatic heterocycles. The van der Waals surface area contributed by atoms with Gasteiger partial charge in [0.25, 0.3) is 0 Å². The minimum atomic E-state index is -0.00373. The Labute approximate surface area is 142 Å². The third-order valence-electron chi connectivity index (χ3n) is 3.45. The molecule has 2 rings (SSSR count). The zero-order chi connectivity index (χ0) is 15.1. The topological polar surface area (TPSA) is 50.8 Å². The largest absolute Gasteiger partial charge is 0.382 e. The van der Waals surface area contributed by atoms with Gasteiger partial charge in [-0.1, -0.05) is 23.7 Å². The number of benzene rings is 1. The van der Waals surface area contributed by atoms with Crippen molar-refractivity contribution in [2.24, 2.45) is 0 Å². The van der Waals surface area contributed by atoms with Gasteiger partial charge in [0.15, 0.2) is 0 Å². The summed E-state index contributed by atoms with van der Waals surface area (Å²) in [4.78, 5) is 14.2. The normalized spacial score (nSPS) is 17.9. The summed E-state index contributed by atoms with van der Waals surface area (Å²) in [5, 5.41) is 4.00. The number of nitrogens with one attached hydrogen (secondary N) is 1. The van der Waals surface area contributed by atoms with E-state index in [0.29, 0.717) is 24.8 Å². The number of amides is 1. The zero-order valence-corrected chi connectivity index (χ0v) is 14.2. The molecule has 1 atom stereocenters. The SMILES string of the molecule is COCCOCC(=O)N1CCNCC1c1cccc(Cl)c1.Cl. The van der Waals surface area contributed by atoms with Crippen LogP contribution in [0.5, 0.6) is 0 Å². The van der Waals surface area contributed by atoms with E-state index in [4.69, 9.17) is 21.1 Å². The number of hydrogen-bond donors (Lipinski definition) is 1. The summed E-state index contributed by atoms with van der Waals surface area (Å²) in [6.45, 7) is 3.19. The predicted octanol–water partition coefficient (Wildman–Crippen LogP) is 1.90. The van der Waals surface area contributed by atoms with Crippen LogP contribution in [0.4, 0.5) is 0 Å². The summed E-state index contributed by atoms with van der Waals surface area (Å²) in [6, 6.07) is 7.64. The van der Waals surface area contributed by atoms with Gasteiger partial charge in [-0.2, -0.15) is 0 Å². The first-order chi connectivity index (χ1) is 10.2. The first-order valence-corrected chi connectivity index (χ1v) is 7.42. The molecule has 1 saturated heterocycles. The first kappa shape index (κ1) is 19.2. The number of piperazine rings is 1. The molecule has 1 aromatic carbocycles. The Morgan fingerprint density at radius 3 is 3.00 bits per heavy atom. The second kappa shape index (κ2) is 10.0. The molecule has 22 heavy (non-hydrogen) atoms. The lowest BCUT2D eigenvalue weighted by molar-refractivity contribution is -0.140. The molecular weight excluding hydrogens is 327 g/mol. The second-order valence-electron chi connectivity index (χ2n) is 4.91. The van der Waals surface area contributed by atoms with E-state index in [9.17, 15) is 4.79 Å². The van der Waals surface area contributed by atoms with Gasteiger partial charge in [0.05, 0.1) is 19.3 Å². The van der Waals surface area contributed by atoms with Crippen LogP contribution < -0.4 is 5.32 Å². The molecule has 0 bridgehead atoms. The maximum atomic E-state index is 12.3. The molecule has 1 unspecified atom stereocenters. The van der Waals surface area contributed by atoms with E-state index in [-0.39, 0.29) is 31.0 Å². The average molecular weight is 349 g/mol. The van der Waals surface area contributed by atoms with Crippen LogP contribution in [0, 0.1) is 0 Å². The van der Waals surface area contributed by atoms with Crippen LogP contribution in [-0.2, 0) is 14.3 Å². The number of hydrogen-bond acceptors (Lipinski definition) is 4. The number of ether oxygens (including phenoxy) is 2. The van der Waals surface area contributed by atoms with Crippen molar-refractivity contribution < 1.29 is 14.3 Å². The van der Waals surface area contributed by atoms with Crippen LogP contribution in [0.15, 0.2) is 24.3 Å². The van der Waals surface area contributed by atoms with E-state index >= 15 is 0 Å². The number of rotatable bonds is 6. The Hall–Kier alpha value is -0.850. The summed E-state index contributed by atoms with van der Waals surface area (Å²) in [6.07, 6.45) is 0.